The molecule has 0 spiro atoms. The van der Waals surface area contributed by atoms with Crippen LogP contribution in [0.4, 0.5) is 13.2 Å². The number of hydrogen-bond acceptors (Lipinski definition) is 4. The van der Waals surface area contributed by atoms with Crippen molar-refractivity contribution < 1.29 is 31.1 Å². The molecule has 0 heterocycles. The molecule has 10 heteroatoms. The van der Waals surface area contributed by atoms with Crippen molar-refractivity contribution in [1.29, 1.82) is 0 Å². The number of methoxy groups -OCH3 is 1. The molecule has 0 fully saturated rings. The van der Waals surface area contributed by atoms with Gasteiger partial charge in [0.15, 0.2) is 0 Å². The van der Waals surface area contributed by atoms with Gasteiger partial charge in [-0.1, -0.05) is 23.2 Å². The highest BCUT2D eigenvalue weighted by atomic mass is 35.5. The summed E-state index contributed by atoms with van der Waals surface area (Å²) in [6, 6.07) is 12.2. The predicted octanol–water partition coefficient (Wildman–Crippen LogP) is 6.65. The maximum Gasteiger partial charge on any atom is 0.416 e. The van der Waals surface area contributed by atoms with Crippen LogP contribution in [-0.2, 0) is 16.0 Å². The summed E-state index contributed by atoms with van der Waals surface area (Å²) in [5.41, 5.74) is -0.915. The third-order valence-electron chi connectivity index (χ3n) is 4.04. The van der Waals surface area contributed by atoms with Crippen LogP contribution in [0.25, 0.3) is 0 Å². The maximum absolute atomic E-state index is 12.9. The molecular formula is C20H13Cl2F3O4S. The van der Waals surface area contributed by atoms with Crippen molar-refractivity contribution in [2.45, 2.75) is 16.0 Å². The second kappa shape index (κ2) is 8.37. The number of alkyl halides is 3. The number of rotatable bonds is 5. The smallest absolute Gasteiger partial charge is 0.416 e. The Morgan fingerprint density at radius 1 is 0.867 bits per heavy atom. The minimum Gasteiger partial charge on any atom is -0.495 e. The Kier molecular flexibility index (Phi) is 6.21. The summed E-state index contributed by atoms with van der Waals surface area (Å²) in [7, 11) is -2.63. The van der Waals surface area contributed by atoms with Gasteiger partial charge in [0.05, 0.1) is 22.6 Å². The molecule has 0 amide bonds. The quantitative estimate of drug-likeness (QED) is 0.413. The van der Waals surface area contributed by atoms with E-state index >= 15 is 0 Å². The van der Waals surface area contributed by atoms with Gasteiger partial charge in [0.25, 0.3) is 0 Å². The van der Waals surface area contributed by atoms with Crippen LogP contribution in [0, 0.1) is 0 Å². The molecule has 0 saturated carbocycles. The van der Waals surface area contributed by atoms with Crippen LogP contribution in [0.3, 0.4) is 0 Å². The summed E-state index contributed by atoms with van der Waals surface area (Å²) in [4.78, 5) is -0.0946. The molecule has 0 aliphatic carbocycles. The van der Waals surface area contributed by atoms with Crippen LogP contribution < -0.4 is 9.47 Å². The van der Waals surface area contributed by atoms with Crippen LogP contribution in [0.5, 0.6) is 17.2 Å². The Bertz CT molecular complexity index is 1180. The molecule has 4 nitrogen and oxygen atoms in total. The first-order valence-electron chi connectivity index (χ1n) is 8.25. The van der Waals surface area contributed by atoms with Crippen molar-refractivity contribution in [3.63, 3.8) is 0 Å². The Labute approximate surface area is 180 Å². The van der Waals surface area contributed by atoms with Crippen molar-refractivity contribution in [2.24, 2.45) is 0 Å². The van der Waals surface area contributed by atoms with E-state index in [1.807, 2.05) is 0 Å². The average molecular weight is 477 g/mol. The first-order valence-corrected chi connectivity index (χ1v) is 10.5. The standard InChI is InChI=1S/C20H13Cl2F3O4S/c1-28-18-11-14(29-17-8-2-12(10-16(17)22)20(23,24)25)5-9-19(18)30(26,27)15-6-3-13(21)4-7-15/h2-11H,1H3. The van der Waals surface area contributed by atoms with E-state index in [1.54, 1.807) is 0 Å². The number of halogens is 5. The molecule has 0 aliphatic heterocycles. The zero-order valence-electron chi connectivity index (χ0n) is 15.2. The normalized spacial score (nSPS) is 11.9. The number of sulfone groups is 1. The SMILES string of the molecule is COc1cc(Oc2ccc(C(F)(F)F)cc2Cl)ccc1S(=O)(=O)c1ccc(Cl)cc1. The van der Waals surface area contributed by atoms with Gasteiger partial charge in [0.1, 0.15) is 22.1 Å². The fourth-order valence-corrected chi connectivity index (χ4v) is 4.31. The first kappa shape index (κ1) is 22.3. The summed E-state index contributed by atoms with van der Waals surface area (Å²) in [6.07, 6.45) is -4.54. The molecule has 0 saturated heterocycles. The summed E-state index contributed by atoms with van der Waals surface area (Å²) in [5.74, 6) is 0.0917. The fraction of sp³-hybridized carbons (Fsp3) is 0.100. The highest BCUT2D eigenvalue weighted by Crippen LogP contribution is 2.38. The van der Waals surface area contributed by atoms with Crippen LogP contribution in [-0.4, -0.2) is 15.5 Å². The summed E-state index contributed by atoms with van der Waals surface area (Å²) < 4.78 is 74.8. The lowest BCUT2D eigenvalue weighted by Gasteiger charge is -2.14. The van der Waals surface area contributed by atoms with Gasteiger partial charge in [-0.25, -0.2) is 8.42 Å². The molecular weight excluding hydrogens is 464 g/mol. The van der Waals surface area contributed by atoms with E-state index in [4.69, 9.17) is 32.7 Å². The fourth-order valence-electron chi connectivity index (χ4n) is 2.56. The molecule has 158 valence electrons. The van der Waals surface area contributed by atoms with Gasteiger partial charge in [0.2, 0.25) is 9.84 Å². The highest BCUT2D eigenvalue weighted by Gasteiger charge is 2.31. The molecule has 0 aromatic heterocycles. The Hall–Kier alpha value is -2.42. The number of hydrogen-bond donors (Lipinski definition) is 0. The second-order valence-electron chi connectivity index (χ2n) is 6.02. The molecule has 0 atom stereocenters. The third kappa shape index (κ3) is 4.66. The molecule has 0 N–H and O–H groups in total. The van der Waals surface area contributed by atoms with Gasteiger partial charge in [-0.05, 0) is 54.6 Å². The lowest BCUT2D eigenvalue weighted by Crippen LogP contribution is -2.05. The van der Waals surface area contributed by atoms with E-state index in [0.29, 0.717) is 5.02 Å². The summed E-state index contributed by atoms with van der Waals surface area (Å²) in [5, 5.41) is 0.139. The average Bonchev–Trinajstić information content (AvgIpc) is 2.68. The maximum atomic E-state index is 12.9. The lowest BCUT2D eigenvalue weighted by atomic mass is 10.2. The number of benzene rings is 3. The van der Waals surface area contributed by atoms with Crippen LogP contribution in [0.1, 0.15) is 5.56 Å². The zero-order chi connectivity index (χ0) is 22.1. The van der Waals surface area contributed by atoms with Gasteiger partial charge in [0, 0.05) is 11.1 Å². The lowest BCUT2D eigenvalue weighted by molar-refractivity contribution is -0.137. The highest BCUT2D eigenvalue weighted by molar-refractivity contribution is 7.91. The van der Waals surface area contributed by atoms with Crippen molar-refractivity contribution >= 4 is 33.0 Å². The second-order valence-corrected chi connectivity index (χ2v) is 8.78. The molecule has 3 aromatic rings. The summed E-state index contributed by atoms with van der Waals surface area (Å²) >= 11 is 11.7. The molecule has 3 aromatic carbocycles. The van der Waals surface area contributed by atoms with E-state index in [1.165, 1.54) is 49.6 Å². The van der Waals surface area contributed by atoms with E-state index in [9.17, 15) is 21.6 Å². The minimum atomic E-state index is -4.54. The van der Waals surface area contributed by atoms with Gasteiger partial charge >= 0.3 is 6.18 Å². The molecule has 3 rings (SSSR count). The van der Waals surface area contributed by atoms with Crippen LogP contribution in [0.2, 0.25) is 10.0 Å². The Balaban J connectivity index is 1.94. The third-order valence-corrected chi connectivity index (χ3v) is 6.39. The minimum absolute atomic E-state index is 0.00881. The first-order chi connectivity index (χ1) is 14.0. The molecule has 0 bridgehead atoms. The van der Waals surface area contributed by atoms with E-state index in [0.717, 1.165) is 18.2 Å². The van der Waals surface area contributed by atoms with Crippen molar-refractivity contribution in [1.82, 2.24) is 0 Å². The molecule has 0 aliphatic rings. The van der Waals surface area contributed by atoms with Crippen molar-refractivity contribution in [3.05, 3.63) is 76.3 Å². The van der Waals surface area contributed by atoms with Gasteiger partial charge in [-0.3, -0.25) is 0 Å². The zero-order valence-corrected chi connectivity index (χ0v) is 17.5. The monoisotopic (exact) mass is 476 g/mol. The molecule has 30 heavy (non-hydrogen) atoms. The number of ether oxygens (including phenoxy) is 2. The van der Waals surface area contributed by atoms with Crippen molar-refractivity contribution in [2.75, 3.05) is 7.11 Å². The van der Waals surface area contributed by atoms with E-state index in [2.05, 4.69) is 0 Å². The molecule has 0 unspecified atom stereocenters. The van der Waals surface area contributed by atoms with E-state index < -0.39 is 21.6 Å². The molecule has 0 radical (unpaired) electrons. The van der Waals surface area contributed by atoms with Crippen LogP contribution >= 0.6 is 23.2 Å². The van der Waals surface area contributed by atoms with E-state index in [-0.39, 0.29) is 32.1 Å². The summed E-state index contributed by atoms with van der Waals surface area (Å²) in [6.45, 7) is 0. The Morgan fingerprint density at radius 3 is 2.10 bits per heavy atom. The van der Waals surface area contributed by atoms with Gasteiger partial charge in [-0.15, -0.1) is 0 Å². The van der Waals surface area contributed by atoms with Crippen molar-refractivity contribution in [3.8, 4) is 17.2 Å². The predicted molar refractivity (Wildman–Crippen MR) is 106 cm³/mol. The van der Waals surface area contributed by atoms with Crippen LogP contribution in [0.15, 0.2) is 70.5 Å². The van der Waals surface area contributed by atoms with Gasteiger partial charge < -0.3 is 9.47 Å². The Morgan fingerprint density at radius 2 is 1.53 bits per heavy atom. The van der Waals surface area contributed by atoms with Gasteiger partial charge in [-0.2, -0.15) is 13.2 Å². The largest absolute Gasteiger partial charge is 0.495 e. The topological polar surface area (TPSA) is 52.6 Å².